The van der Waals surface area contributed by atoms with Crippen molar-refractivity contribution in [3.63, 3.8) is 0 Å². The number of nitrogen functional groups attached to an aromatic ring is 1. The minimum Gasteiger partial charge on any atom is -0.494 e. The summed E-state index contributed by atoms with van der Waals surface area (Å²) in [5.74, 6) is 0.590. The maximum absolute atomic E-state index is 12.3. The van der Waals surface area contributed by atoms with Gasteiger partial charge in [-0.3, -0.25) is 10.2 Å². The van der Waals surface area contributed by atoms with Crippen LogP contribution in [0.25, 0.3) is 11.3 Å². The summed E-state index contributed by atoms with van der Waals surface area (Å²) >= 11 is 0. The van der Waals surface area contributed by atoms with Crippen LogP contribution in [0.4, 0.5) is 0 Å². The lowest BCUT2D eigenvalue weighted by Gasteiger charge is -2.13. The zero-order valence-corrected chi connectivity index (χ0v) is 12.2. The summed E-state index contributed by atoms with van der Waals surface area (Å²) in [4.78, 5) is 12.3. The molecule has 0 radical (unpaired) electrons. The summed E-state index contributed by atoms with van der Waals surface area (Å²) in [6.45, 7) is 4.96. The van der Waals surface area contributed by atoms with Crippen molar-refractivity contribution >= 4 is 5.84 Å². The van der Waals surface area contributed by atoms with Crippen LogP contribution < -0.4 is 16.0 Å². The number of nitrogens with two attached hydrogens (primary N) is 1. The summed E-state index contributed by atoms with van der Waals surface area (Å²) in [5, 5.41) is 7.45. The Hall–Kier alpha value is -2.56. The fourth-order valence-corrected chi connectivity index (χ4v) is 2.24. The molecule has 0 amide bonds. The van der Waals surface area contributed by atoms with E-state index >= 15 is 0 Å². The van der Waals surface area contributed by atoms with E-state index in [2.05, 4.69) is 0 Å². The first-order valence-electron chi connectivity index (χ1n) is 6.90. The van der Waals surface area contributed by atoms with E-state index in [0.29, 0.717) is 13.2 Å². The predicted octanol–water partition coefficient (Wildman–Crippen LogP) is 2.22. The highest BCUT2D eigenvalue weighted by Gasteiger charge is 2.11. The van der Waals surface area contributed by atoms with Crippen LogP contribution in [-0.2, 0) is 6.54 Å². The first kappa shape index (κ1) is 14.8. The van der Waals surface area contributed by atoms with Crippen LogP contribution in [0.15, 0.2) is 41.2 Å². The maximum Gasteiger partial charge on any atom is 0.261 e. The molecule has 0 aliphatic rings. The second-order valence-electron chi connectivity index (χ2n) is 4.55. The van der Waals surface area contributed by atoms with Gasteiger partial charge < -0.3 is 15.0 Å². The van der Waals surface area contributed by atoms with Crippen LogP contribution in [0.5, 0.6) is 5.75 Å². The maximum atomic E-state index is 12.3. The molecule has 0 saturated carbocycles. The Kier molecular flexibility index (Phi) is 4.42. The lowest BCUT2D eigenvalue weighted by molar-refractivity contribution is 0.340. The van der Waals surface area contributed by atoms with Gasteiger partial charge in [-0.15, -0.1) is 0 Å². The van der Waals surface area contributed by atoms with Gasteiger partial charge in [-0.25, -0.2) is 0 Å². The number of nitrogens with zero attached hydrogens (tertiary/aromatic N) is 1. The summed E-state index contributed by atoms with van der Waals surface area (Å²) in [5.41, 5.74) is 7.15. The van der Waals surface area contributed by atoms with Gasteiger partial charge in [0.2, 0.25) is 0 Å². The third kappa shape index (κ3) is 2.97. The number of rotatable bonds is 5. The van der Waals surface area contributed by atoms with E-state index in [1.807, 2.05) is 44.2 Å². The molecule has 0 bridgehead atoms. The molecule has 0 aliphatic heterocycles. The van der Waals surface area contributed by atoms with Crippen LogP contribution in [0.2, 0.25) is 0 Å². The first-order chi connectivity index (χ1) is 10.1. The van der Waals surface area contributed by atoms with E-state index in [1.54, 1.807) is 10.6 Å². The largest absolute Gasteiger partial charge is 0.494 e. The van der Waals surface area contributed by atoms with E-state index in [1.165, 1.54) is 0 Å². The number of pyridine rings is 1. The van der Waals surface area contributed by atoms with Gasteiger partial charge in [-0.2, -0.15) is 0 Å². The average molecular weight is 285 g/mol. The van der Waals surface area contributed by atoms with Gasteiger partial charge in [0.1, 0.15) is 11.6 Å². The molecule has 5 heteroatoms. The molecule has 0 spiro atoms. The van der Waals surface area contributed by atoms with Crippen molar-refractivity contribution in [2.45, 2.75) is 20.4 Å². The van der Waals surface area contributed by atoms with Crippen LogP contribution in [0.3, 0.4) is 0 Å². The number of ether oxygens (including phenoxy) is 1. The van der Waals surface area contributed by atoms with E-state index in [0.717, 1.165) is 17.0 Å². The molecule has 21 heavy (non-hydrogen) atoms. The Bertz CT molecular complexity index is 702. The Labute approximate surface area is 123 Å². The van der Waals surface area contributed by atoms with Gasteiger partial charge in [-0.05, 0) is 55.8 Å². The molecular weight excluding hydrogens is 266 g/mol. The number of aromatic nitrogens is 1. The monoisotopic (exact) mass is 285 g/mol. The van der Waals surface area contributed by atoms with E-state index in [4.69, 9.17) is 15.9 Å². The van der Waals surface area contributed by atoms with Gasteiger partial charge in [0.15, 0.2) is 0 Å². The standard InChI is InChI=1S/C16H19N3O2/c1-3-19-14(10-9-13(15(17)18)16(19)20)11-5-7-12(8-6-11)21-4-2/h5-10H,3-4H2,1-2H3,(H3,17,18). The summed E-state index contributed by atoms with van der Waals surface area (Å²) in [7, 11) is 0. The minimum absolute atomic E-state index is 0.208. The lowest BCUT2D eigenvalue weighted by Crippen LogP contribution is -2.29. The van der Waals surface area contributed by atoms with Crippen molar-refractivity contribution in [3.8, 4) is 17.0 Å². The Morgan fingerprint density at radius 1 is 1.19 bits per heavy atom. The van der Waals surface area contributed by atoms with E-state index in [-0.39, 0.29) is 17.0 Å². The number of amidine groups is 1. The molecule has 0 atom stereocenters. The van der Waals surface area contributed by atoms with Crippen LogP contribution in [0.1, 0.15) is 19.4 Å². The van der Waals surface area contributed by atoms with Crippen LogP contribution in [-0.4, -0.2) is 17.0 Å². The van der Waals surface area contributed by atoms with Gasteiger partial charge >= 0.3 is 0 Å². The third-order valence-electron chi connectivity index (χ3n) is 3.24. The molecule has 0 aliphatic carbocycles. The first-order valence-corrected chi connectivity index (χ1v) is 6.90. The lowest BCUT2D eigenvalue weighted by atomic mass is 10.1. The van der Waals surface area contributed by atoms with Crippen molar-refractivity contribution in [2.24, 2.45) is 5.73 Å². The molecule has 0 saturated heterocycles. The van der Waals surface area contributed by atoms with Crippen molar-refractivity contribution in [1.29, 1.82) is 5.41 Å². The van der Waals surface area contributed by atoms with Crippen molar-refractivity contribution in [2.75, 3.05) is 6.61 Å². The SMILES string of the molecule is CCOc1ccc(-c2ccc(C(=N)N)c(=O)n2CC)cc1. The number of hydrogen-bond acceptors (Lipinski definition) is 3. The van der Waals surface area contributed by atoms with Gasteiger partial charge in [0.25, 0.3) is 5.56 Å². The average Bonchev–Trinajstić information content (AvgIpc) is 2.47. The fraction of sp³-hybridized carbons (Fsp3) is 0.250. The zero-order valence-electron chi connectivity index (χ0n) is 12.2. The molecule has 1 aromatic carbocycles. The highest BCUT2D eigenvalue weighted by atomic mass is 16.5. The summed E-state index contributed by atoms with van der Waals surface area (Å²) in [6.07, 6.45) is 0. The summed E-state index contributed by atoms with van der Waals surface area (Å²) in [6, 6.07) is 11.0. The number of benzene rings is 1. The van der Waals surface area contributed by atoms with E-state index in [9.17, 15) is 4.79 Å². The van der Waals surface area contributed by atoms with E-state index < -0.39 is 0 Å². The molecule has 1 aromatic heterocycles. The van der Waals surface area contributed by atoms with Crippen molar-refractivity contribution < 1.29 is 4.74 Å². The smallest absolute Gasteiger partial charge is 0.261 e. The Morgan fingerprint density at radius 2 is 1.86 bits per heavy atom. The van der Waals surface area contributed by atoms with Crippen molar-refractivity contribution in [3.05, 3.63) is 52.3 Å². The van der Waals surface area contributed by atoms with Crippen LogP contribution in [0, 0.1) is 5.41 Å². The highest BCUT2D eigenvalue weighted by molar-refractivity contribution is 5.94. The number of hydrogen-bond donors (Lipinski definition) is 2. The number of nitrogens with one attached hydrogen (secondary N) is 1. The van der Waals surface area contributed by atoms with Crippen molar-refractivity contribution in [1.82, 2.24) is 4.57 Å². The quantitative estimate of drug-likeness (QED) is 0.653. The molecule has 2 aromatic rings. The van der Waals surface area contributed by atoms with Gasteiger partial charge in [0.05, 0.1) is 17.9 Å². The zero-order chi connectivity index (χ0) is 15.4. The highest BCUT2D eigenvalue weighted by Crippen LogP contribution is 2.22. The third-order valence-corrected chi connectivity index (χ3v) is 3.24. The molecule has 2 rings (SSSR count). The second-order valence-corrected chi connectivity index (χ2v) is 4.55. The molecular formula is C16H19N3O2. The molecule has 0 unspecified atom stereocenters. The molecule has 110 valence electrons. The predicted molar refractivity (Wildman–Crippen MR) is 84.0 cm³/mol. The topological polar surface area (TPSA) is 81.1 Å². The Morgan fingerprint density at radius 3 is 2.38 bits per heavy atom. The molecule has 0 fully saturated rings. The second kappa shape index (κ2) is 6.26. The normalized spacial score (nSPS) is 10.4. The van der Waals surface area contributed by atoms with Gasteiger partial charge in [-0.1, -0.05) is 0 Å². The summed E-state index contributed by atoms with van der Waals surface area (Å²) < 4.78 is 7.03. The van der Waals surface area contributed by atoms with Gasteiger partial charge in [0, 0.05) is 6.54 Å². The minimum atomic E-state index is -0.239. The molecule has 5 nitrogen and oxygen atoms in total. The molecule has 1 heterocycles. The Balaban J connectivity index is 2.51. The molecule has 3 N–H and O–H groups in total. The van der Waals surface area contributed by atoms with Crippen LogP contribution >= 0.6 is 0 Å². The fourth-order valence-electron chi connectivity index (χ4n) is 2.24.